The van der Waals surface area contributed by atoms with Gasteiger partial charge < -0.3 is 9.47 Å². The Morgan fingerprint density at radius 1 is 0.417 bits per heavy atom. The van der Waals surface area contributed by atoms with Crippen molar-refractivity contribution in [1.29, 1.82) is 0 Å². The van der Waals surface area contributed by atoms with E-state index in [1.807, 2.05) is 0 Å². The van der Waals surface area contributed by atoms with Gasteiger partial charge in [0.25, 0.3) is 0 Å². The Hall–Kier alpha value is -9.24. The van der Waals surface area contributed by atoms with Crippen molar-refractivity contribution in [3.8, 4) is 39.1 Å². The fraction of sp³-hybridized carbons (Fsp3) is 0.0286. The van der Waals surface area contributed by atoms with Crippen LogP contribution in [-0.4, -0.2) is 4.57 Å². The molecule has 0 fully saturated rings. The van der Waals surface area contributed by atoms with Gasteiger partial charge in [-0.25, -0.2) is 0 Å². The van der Waals surface area contributed by atoms with Gasteiger partial charge in [0.05, 0.1) is 22.1 Å². The number of hydrogen-bond acceptors (Lipinski definition) is 1. The van der Waals surface area contributed by atoms with Crippen LogP contribution in [0.2, 0.25) is 0 Å². The quantitative estimate of drug-likeness (QED) is 0.147. The Kier molecular flexibility index (Phi) is 10.7. The Balaban J connectivity index is 0.952. The lowest BCUT2D eigenvalue weighted by Gasteiger charge is -2.35. The zero-order chi connectivity index (χ0) is 48.0. The van der Waals surface area contributed by atoms with Crippen LogP contribution < -0.4 is 4.90 Å². The molecule has 10 aromatic carbocycles. The first-order valence-electron chi connectivity index (χ1n) is 24.9. The summed E-state index contributed by atoms with van der Waals surface area (Å²) in [6, 6.07) is 87.2. The topological polar surface area (TPSA) is 8.17 Å². The van der Waals surface area contributed by atoms with E-state index in [2.05, 4.69) is 295 Å². The molecule has 13 rings (SSSR count). The Morgan fingerprint density at radius 2 is 1.04 bits per heavy atom. The van der Waals surface area contributed by atoms with Gasteiger partial charge in [0, 0.05) is 33.2 Å². The summed E-state index contributed by atoms with van der Waals surface area (Å²) in [6.45, 7) is 4.50. The second-order valence-corrected chi connectivity index (χ2v) is 18.9. The number of aromatic nitrogens is 1. The largest absolute Gasteiger partial charge is 0.310 e. The monoisotopic (exact) mass is 918 g/mol. The van der Waals surface area contributed by atoms with Crippen LogP contribution >= 0.6 is 0 Å². The molecule has 0 aliphatic heterocycles. The number of benzene rings is 10. The minimum absolute atomic E-state index is 0.538. The third-order valence-electron chi connectivity index (χ3n) is 14.7. The molecular formula is C70H50N2. The number of rotatable bonds is 8. The Morgan fingerprint density at radius 3 is 1.86 bits per heavy atom. The van der Waals surface area contributed by atoms with Crippen molar-refractivity contribution >= 4 is 44.0 Å². The molecule has 0 spiro atoms. The number of fused-ring (bicyclic) bond motifs is 7. The van der Waals surface area contributed by atoms with Crippen molar-refractivity contribution in [2.24, 2.45) is 0 Å². The summed E-state index contributed by atoms with van der Waals surface area (Å²) in [5, 5.41) is 4.95. The SMILES string of the molecule is C=C1/C=C\C=C/C/C=C\C(N(c2cccc(-c3cccc(-c4ccc5c(c4)c4ccccc4n5-c4cccc5ccccc45)c3)c2)c2ccc3c(c2)C(c2ccccc2)(c2ccccc2)c2ccccc2-3)=C/1. The van der Waals surface area contributed by atoms with Gasteiger partial charge in [-0.1, -0.05) is 219 Å². The molecule has 0 saturated carbocycles. The van der Waals surface area contributed by atoms with Gasteiger partial charge in [0.2, 0.25) is 0 Å². The molecule has 2 aliphatic carbocycles. The molecule has 2 nitrogen and oxygen atoms in total. The van der Waals surface area contributed by atoms with Gasteiger partial charge in [-0.05, 0) is 140 Å². The maximum atomic E-state index is 4.50. The van der Waals surface area contributed by atoms with Gasteiger partial charge in [-0.3, -0.25) is 0 Å². The first-order chi connectivity index (χ1) is 35.6. The molecule has 2 heteroatoms. The molecule has 0 N–H and O–H groups in total. The molecule has 0 radical (unpaired) electrons. The summed E-state index contributed by atoms with van der Waals surface area (Å²) in [5.41, 5.74) is 19.3. The molecule has 0 unspecified atom stereocenters. The van der Waals surface area contributed by atoms with Gasteiger partial charge in [0.15, 0.2) is 0 Å². The molecule has 1 aromatic heterocycles. The van der Waals surface area contributed by atoms with Crippen LogP contribution in [0.3, 0.4) is 0 Å². The summed E-state index contributed by atoms with van der Waals surface area (Å²) in [6.07, 6.45) is 16.0. The average Bonchev–Trinajstić information content (AvgIpc) is 3.93. The van der Waals surface area contributed by atoms with Crippen molar-refractivity contribution in [1.82, 2.24) is 4.57 Å². The van der Waals surface area contributed by atoms with E-state index in [-0.39, 0.29) is 0 Å². The number of para-hydroxylation sites is 1. The summed E-state index contributed by atoms with van der Waals surface area (Å²) in [5.74, 6) is 0. The lowest BCUT2D eigenvalue weighted by atomic mass is 9.67. The van der Waals surface area contributed by atoms with E-state index in [0.29, 0.717) is 0 Å². The lowest BCUT2D eigenvalue weighted by molar-refractivity contribution is 0.768. The highest BCUT2D eigenvalue weighted by molar-refractivity contribution is 6.11. The van der Waals surface area contributed by atoms with E-state index in [1.54, 1.807) is 0 Å². The normalized spacial score (nSPS) is 15.9. The molecule has 0 atom stereocenters. The zero-order valence-corrected chi connectivity index (χ0v) is 39.9. The predicted octanol–water partition coefficient (Wildman–Crippen LogP) is 18.3. The highest BCUT2D eigenvalue weighted by Crippen LogP contribution is 2.57. The van der Waals surface area contributed by atoms with Crippen molar-refractivity contribution in [2.45, 2.75) is 11.8 Å². The molecule has 0 saturated heterocycles. The molecule has 0 amide bonds. The van der Waals surface area contributed by atoms with Gasteiger partial charge in [-0.15, -0.1) is 0 Å². The predicted molar refractivity (Wildman–Crippen MR) is 304 cm³/mol. The molecule has 2 aliphatic rings. The van der Waals surface area contributed by atoms with Crippen molar-refractivity contribution < 1.29 is 0 Å². The second kappa shape index (κ2) is 17.9. The smallest absolute Gasteiger partial charge is 0.0714 e. The highest BCUT2D eigenvalue weighted by Gasteiger charge is 2.46. The summed E-state index contributed by atoms with van der Waals surface area (Å²) < 4.78 is 2.43. The maximum Gasteiger partial charge on any atom is 0.0714 e. The fourth-order valence-electron chi connectivity index (χ4n) is 11.6. The molecular weight excluding hydrogens is 869 g/mol. The van der Waals surface area contributed by atoms with Crippen LogP contribution in [0, 0.1) is 0 Å². The fourth-order valence-corrected chi connectivity index (χ4v) is 11.6. The number of hydrogen-bond donors (Lipinski definition) is 0. The van der Waals surface area contributed by atoms with E-state index in [1.165, 1.54) is 82.8 Å². The van der Waals surface area contributed by atoms with Crippen molar-refractivity contribution in [3.05, 3.63) is 319 Å². The Bertz CT molecular complexity index is 3980. The van der Waals surface area contributed by atoms with E-state index < -0.39 is 5.41 Å². The minimum Gasteiger partial charge on any atom is -0.310 e. The summed E-state index contributed by atoms with van der Waals surface area (Å²) in [7, 11) is 0. The molecule has 340 valence electrons. The van der Waals surface area contributed by atoms with Gasteiger partial charge in [-0.2, -0.15) is 0 Å². The maximum absolute atomic E-state index is 4.50. The number of nitrogens with zero attached hydrogens (tertiary/aromatic N) is 2. The number of anilines is 2. The van der Waals surface area contributed by atoms with E-state index in [4.69, 9.17) is 0 Å². The third kappa shape index (κ3) is 7.19. The average molecular weight is 919 g/mol. The van der Waals surface area contributed by atoms with Gasteiger partial charge >= 0.3 is 0 Å². The Labute approximate surface area is 421 Å². The first kappa shape index (κ1) is 42.8. The third-order valence-corrected chi connectivity index (χ3v) is 14.7. The number of allylic oxidation sites excluding steroid dienone is 8. The standard InChI is InChI=1S/C70H50N2/c1-49-22-7-3-2-4-12-32-57(44-49)71(59-41-42-62-61-35-15-17-37-65(61)70(66(62)48-59,55-28-8-5-9-29-55)56-30-10-6-11-31-56)58-33-20-27-53(46-58)51-25-19-26-52(45-51)54-40-43-69-64(47-54)63-36-16-18-38-68(63)72(69)67-39-21-24-50-23-13-14-34-60(50)67/h2-3,5-48H,1,4H2/b3-2-,22-7-,32-12-,57-44+. The minimum atomic E-state index is -0.538. The molecule has 1 heterocycles. The zero-order valence-electron chi connectivity index (χ0n) is 39.9. The molecule has 0 bridgehead atoms. The van der Waals surface area contributed by atoms with Crippen LogP contribution in [0.4, 0.5) is 11.4 Å². The van der Waals surface area contributed by atoms with Crippen LogP contribution in [0.25, 0.3) is 71.6 Å². The summed E-state index contributed by atoms with van der Waals surface area (Å²) in [4.78, 5) is 2.41. The van der Waals surface area contributed by atoms with E-state index in [0.717, 1.165) is 40.2 Å². The van der Waals surface area contributed by atoms with E-state index >= 15 is 0 Å². The van der Waals surface area contributed by atoms with E-state index in [9.17, 15) is 0 Å². The van der Waals surface area contributed by atoms with Crippen LogP contribution in [0.15, 0.2) is 297 Å². The van der Waals surface area contributed by atoms with Crippen molar-refractivity contribution in [3.63, 3.8) is 0 Å². The molecule has 11 aromatic rings. The first-order valence-corrected chi connectivity index (χ1v) is 24.9. The van der Waals surface area contributed by atoms with Crippen LogP contribution in [0.5, 0.6) is 0 Å². The molecule has 72 heavy (non-hydrogen) atoms. The van der Waals surface area contributed by atoms with Crippen molar-refractivity contribution in [2.75, 3.05) is 4.90 Å². The second-order valence-electron chi connectivity index (χ2n) is 18.9. The van der Waals surface area contributed by atoms with Crippen LogP contribution in [-0.2, 0) is 5.41 Å². The van der Waals surface area contributed by atoms with Crippen LogP contribution in [0.1, 0.15) is 28.7 Å². The highest BCUT2D eigenvalue weighted by atomic mass is 15.1. The van der Waals surface area contributed by atoms with Gasteiger partial charge in [0.1, 0.15) is 0 Å². The lowest BCUT2D eigenvalue weighted by Crippen LogP contribution is -2.28. The summed E-state index contributed by atoms with van der Waals surface area (Å²) >= 11 is 0.